The van der Waals surface area contributed by atoms with E-state index in [2.05, 4.69) is 15.2 Å². The second kappa shape index (κ2) is 8.30. The van der Waals surface area contributed by atoms with Crippen molar-refractivity contribution in [1.29, 1.82) is 0 Å². The summed E-state index contributed by atoms with van der Waals surface area (Å²) in [5.74, 6) is 1.49. The van der Waals surface area contributed by atoms with Crippen molar-refractivity contribution in [3.05, 3.63) is 54.2 Å². The largest absolute Gasteiger partial charge is 0.497 e. The maximum absolute atomic E-state index is 12.0. The van der Waals surface area contributed by atoms with Gasteiger partial charge in [-0.25, -0.2) is 4.98 Å². The van der Waals surface area contributed by atoms with E-state index in [0.29, 0.717) is 5.69 Å². The molecule has 1 N–H and O–H groups in total. The molecular formula is C19H21N3O3. The highest BCUT2D eigenvalue weighted by atomic mass is 16.5. The van der Waals surface area contributed by atoms with Crippen LogP contribution in [-0.2, 0) is 9.53 Å². The lowest BCUT2D eigenvalue weighted by molar-refractivity contribution is -0.111. The number of rotatable bonds is 5. The molecule has 3 rings (SSSR count). The molecule has 1 aliphatic heterocycles. The second-order valence-corrected chi connectivity index (χ2v) is 5.60. The van der Waals surface area contributed by atoms with Crippen LogP contribution in [0.5, 0.6) is 5.75 Å². The third kappa shape index (κ3) is 4.81. The van der Waals surface area contributed by atoms with E-state index in [4.69, 9.17) is 9.47 Å². The van der Waals surface area contributed by atoms with E-state index in [9.17, 15) is 4.79 Å². The monoisotopic (exact) mass is 339 g/mol. The minimum atomic E-state index is -0.197. The van der Waals surface area contributed by atoms with E-state index in [1.807, 2.05) is 36.4 Å². The molecule has 0 saturated carbocycles. The quantitative estimate of drug-likeness (QED) is 0.848. The standard InChI is InChI=1S/C19H21N3O3/c1-24-17-6-2-15(3-7-17)4-9-19(23)21-16-5-8-18(20-14-16)22-10-12-25-13-11-22/h2-9,14H,10-13H2,1H3,(H,21,23)/b9-4+. The van der Waals surface area contributed by atoms with Gasteiger partial charge >= 0.3 is 0 Å². The molecule has 2 heterocycles. The summed E-state index contributed by atoms with van der Waals surface area (Å²) < 4.78 is 10.4. The Morgan fingerprint density at radius 3 is 2.60 bits per heavy atom. The normalized spacial score (nSPS) is 14.5. The number of carbonyl (C=O) groups excluding carboxylic acids is 1. The Labute approximate surface area is 147 Å². The topological polar surface area (TPSA) is 63.7 Å². The summed E-state index contributed by atoms with van der Waals surface area (Å²) in [5.41, 5.74) is 1.60. The molecule has 0 aliphatic carbocycles. The van der Waals surface area contributed by atoms with Crippen molar-refractivity contribution in [2.45, 2.75) is 0 Å². The summed E-state index contributed by atoms with van der Waals surface area (Å²) >= 11 is 0. The number of morpholine rings is 1. The number of hydrogen-bond donors (Lipinski definition) is 1. The molecule has 1 aromatic heterocycles. The summed E-state index contributed by atoms with van der Waals surface area (Å²) in [6, 6.07) is 11.3. The Bertz CT molecular complexity index is 721. The molecule has 2 aromatic rings. The second-order valence-electron chi connectivity index (χ2n) is 5.60. The Morgan fingerprint density at radius 1 is 1.20 bits per heavy atom. The summed E-state index contributed by atoms with van der Waals surface area (Å²) in [6.45, 7) is 3.11. The first-order chi connectivity index (χ1) is 12.2. The molecule has 1 aliphatic rings. The van der Waals surface area contributed by atoms with Crippen molar-refractivity contribution in [2.24, 2.45) is 0 Å². The number of hydrogen-bond acceptors (Lipinski definition) is 5. The zero-order valence-corrected chi connectivity index (χ0v) is 14.1. The molecule has 0 unspecified atom stereocenters. The first-order valence-corrected chi connectivity index (χ1v) is 8.16. The number of benzene rings is 1. The van der Waals surface area contributed by atoms with Gasteiger partial charge in [-0.15, -0.1) is 0 Å². The Morgan fingerprint density at radius 2 is 1.96 bits per heavy atom. The third-order valence-electron chi connectivity index (χ3n) is 3.89. The summed E-state index contributed by atoms with van der Waals surface area (Å²) in [4.78, 5) is 18.6. The molecule has 0 radical (unpaired) electrons. The number of anilines is 2. The molecule has 1 saturated heterocycles. The summed E-state index contributed by atoms with van der Waals surface area (Å²) in [7, 11) is 1.62. The number of nitrogens with one attached hydrogen (secondary N) is 1. The number of pyridine rings is 1. The summed E-state index contributed by atoms with van der Waals surface area (Å²) in [5, 5.41) is 2.81. The molecule has 0 bridgehead atoms. The Hall–Kier alpha value is -2.86. The fourth-order valence-electron chi connectivity index (χ4n) is 2.51. The van der Waals surface area contributed by atoms with E-state index in [1.165, 1.54) is 6.08 Å². The summed E-state index contributed by atoms with van der Waals surface area (Å²) in [6.07, 6.45) is 4.92. The van der Waals surface area contributed by atoms with Gasteiger partial charge in [0.1, 0.15) is 11.6 Å². The van der Waals surface area contributed by atoms with E-state index in [0.717, 1.165) is 43.4 Å². The Balaban J connectivity index is 1.55. The SMILES string of the molecule is COc1ccc(/C=C/C(=O)Nc2ccc(N3CCOCC3)nc2)cc1. The molecule has 6 nitrogen and oxygen atoms in total. The highest BCUT2D eigenvalue weighted by molar-refractivity contribution is 6.01. The van der Waals surface area contributed by atoms with Gasteiger partial charge in [-0.3, -0.25) is 4.79 Å². The fourth-order valence-corrected chi connectivity index (χ4v) is 2.51. The zero-order chi connectivity index (χ0) is 17.5. The first kappa shape index (κ1) is 17.0. The van der Waals surface area contributed by atoms with Crippen LogP contribution < -0.4 is 15.0 Å². The van der Waals surface area contributed by atoms with Crippen LogP contribution in [0.4, 0.5) is 11.5 Å². The predicted molar refractivity (Wildman–Crippen MR) is 97.9 cm³/mol. The van der Waals surface area contributed by atoms with E-state index < -0.39 is 0 Å². The lowest BCUT2D eigenvalue weighted by Gasteiger charge is -2.27. The average molecular weight is 339 g/mol. The van der Waals surface area contributed by atoms with Crippen LogP contribution in [0.1, 0.15) is 5.56 Å². The van der Waals surface area contributed by atoms with Crippen LogP contribution in [0.15, 0.2) is 48.7 Å². The number of ether oxygens (including phenoxy) is 2. The molecule has 6 heteroatoms. The molecule has 130 valence electrons. The molecule has 1 amide bonds. The van der Waals surface area contributed by atoms with Gasteiger partial charge in [-0.2, -0.15) is 0 Å². The van der Waals surface area contributed by atoms with Crippen LogP contribution in [0.2, 0.25) is 0 Å². The lowest BCUT2D eigenvalue weighted by Crippen LogP contribution is -2.36. The number of aromatic nitrogens is 1. The van der Waals surface area contributed by atoms with Crippen molar-refractivity contribution in [3.8, 4) is 5.75 Å². The smallest absolute Gasteiger partial charge is 0.248 e. The fraction of sp³-hybridized carbons (Fsp3) is 0.263. The molecular weight excluding hydrogens is 318 g/mol. The van der Waals surface area contributed by atoms with Crippen molar-refractivity contribution >= 4 is 23.5 Å². The zero-order valence-electron chi connectivity index (χ0n) is 14.1. The first-order valence-electron chi connectivity index (χ1n) is 8.16. The van der Waals surface area contributed by atoms with Gasteiger partial charge in [0.05, 0.1) is 32.2 Å². The molecule has 0 atom stereocenters. The maximum atomic E-state index is 12.0. The van der Waals surface area contributed by atoms with Crippen LogP contribution in [0.3, 0.4) is 0 Å². The van der Waals surface area contributed by atoms with E-state index in [1.54, 1.807) is 19.4 Å². The van der Waals surface area contributed by atoms with Gasteiger partial charge < -0.3 is 19.7 Å². The van der Waals surface area contributed by atoms with Crippen molar-refractivity contribution in [3.63, 3.8) is 0 Å². The number of carbonyl (C=O) groups is 1. The van der Waals surface area contributed by atoms with Crippen LogP contribution in [0, 0.1) is 0 Å². The van der Waals surface area contributed by atoms with Gasteiger partial charge in [0.2, 0.25) is 5.91 Å². The van der Waals surface area contributed by atoms with Crippen molar-refractivity contribution in [2.75, 3.05) is 43.6 Å². The van der Waals surface area contributed by atoms with Gasteiger partial charge in [0.15, 0.2) is 0 Å². The van der Waals surface area contributed by atoms with Gasteiger partial charge in [-0.1, -0.05) is 12.1 Å². The van der Waals surface area contributed by atoms with Gasteiger partial charge in [0, 0.05) is 19.2 Å². The molecule has 25 heavy (non-hydrogen) atoms. The maximum Gasteiger partial charge on any atom is 0.248 e. The highest BCUT2D eigenvalue weighted by Gasteiger charge is 2.12. The minimum absolute atomic E-state index is 0.197. The number of amides is 1. The third-order valence-corrected chi connectivity index (χ3v) is 3.89. The van der Waals surface area contributed by atoms with Crippen molar-refractivity contribution < 1.29 is 14.3 Å². The van der Waals surface area contributed by atoms with Gasteiger partial charge in [-0.05, 0) is 35.9 Å². The lowest BCUT2D eigenvalue weighted by atomic mass is 10.2. The van der Waals surface area contributed by atoms with E-state index >= 15 is 0 Å². The predicted octanol–water partition coefficient (Wildman–Crippen LogP) is 2.58. The van der Waals surface area contributed by atoms with E-state index in [-0.39, 0.29) is 5.91 Å². The number of methoxy groups -OCH3 is 1. The van der Waals surface area contributed by atoms with Gasteiger partial charge in [0.25, 0.3) is 0 Å². The van der Waals surface area contributed by atoms with Crippen molar-refractivity contribution in [1.82, 2.24) is 4.98 Å². The Kier molecular flexibility index (Phi) is 5.64. The average Bonchev–Trinajstić information content (AvgIpc) is 2.68. The number of nitrogens with zero attached hydrogens (tertiary/aromatic N) is 2. The molecule has 1 aromatic carbocycles. The van der Waals surface area contributed by atoms with Crippen LogP contribution in [-0.4, -0.2) is 44.3 Å². The molecule has 0 spiro atoms. The van der Waals surface area contributed by atoms with Crippen LogP contribution in [0.25, 0.3) is 6.08 Å². The van der Waals surface area contributed by atoms with Crippen LogP contribution >= 0.6 is 0 Å². The highest BCUT2D eigenvalue weighted by Crippen LogP contribution is 2.16. The molecule has 1 fully saturated rings. The minimum Gasteiger partial charge on any atom is -0.497 e.